The first-order valence-electron chi connectivity index (χ1n) is 6.08. The molecule has 17 heavy (non-hydrogen) atoms. The molecule has 0 aliphatic carbocycles. The molecule has 0 radical (unpaired) electrons. The van der Waals surface area contributed by atoms with Crippen molar-refractivity contribution in [3.63, 3.8) is 0 Å². The Bertz CT molecular complexity index is 305. The maximum absolute atomic E-state index is 5.86. The minimum Gasteiger partial charge on any atom is -0.375 e. The molecule has 0 aromatic rings. The zero-order chi connectivity index (χ0) is 12.9. The summed E-state index contributed by atoms with van der Waals surface area (Å²) in [5, 5.41) is 0. The van der Waals surface area contributed by atoms with Gasteiger partial charge in [0.1, 0.15) is 0 Å². The summed E-state index contributed by atoms with van der Waals surface area (Å²) in [6.45, 7) is 4.98. The molecule has 1 heterocycles. The molecule has 1 fully saturated rings. The Morgan fingerprint density at radius 1 is 1.29 bits per heavy atom. The first-order valence-corrected chi connectivity index (χ1v) is 6.08. The molecule has 6 N–H and O–H groups in total. The van der Waals surface area contributed by atoms with Crippen LogP contribution >= 0.6 is 0 Å². The van der Waals surface area contributed by atoms with E-state index in [1.165, 1.54) is 0 Å². The van der Waals surface area contributed by atoms with Gasteiger partial charge in [0.15, 0.2) is 5.96 Å². The van der Waals surface area contributed by atoms with Crippen LogP contribution in [0.4, 0.5) is 0 Å². The Morgan fingerprint density at radius 3 is 2.47 bits per heavy atom. The van der Waals surface area contributed by atoms with E-state index in [2.05, 4.69) is 23.8 Å². The van der Waals surface area contributed by atoms with Crippen molar-refractivity contribution in [1.29, 1.82) is 0 Å². The van der Waals surface area contributed by atoms with Crippen molar-refractivity contribution in [2.75, 3.05) is 6.61 Å². The van der Waals surface area contributed by atoms with Crippen LogP contribution in [0.25, 0.3) is 0 Å². The zero-order valence-corrected chi connectivity index (χ0v) is 10.6. The molecule has 1 atom stereocenters. The van der Waals surface area contributed by atoms with Crippen LogP contribution in [0, 0.1) is 0 Å². The Morgan fingerprint density at radius 2 is 1.94 bits per heavy atom. The highest BCUT2D eigenvalue weighted by Crippen LogP contribution is 2.32. The predicted octanol–water partition coefficient (Wildman–Crippen LogP) is 0.312. The van der Waals surface area contributed by atoms with Gasteiger partial charge in [0, 0.05) is 6.61 Å². The van der Waals surface area contributed by atoms with E-state index >= 15 is 0 Å². The minimum absolute atomic E-state index is 0.0597. The van der Waals surface area contributed by atoms with Crippen LogP contribution in [0.15, 0.2) is 9.98 Å². The number of hydrogen-bond donors (Lipinski definition) is 3. The highest BCUT2D eigenvalue weighted by atomic mass is 16.5. The smallest absolute Gasteiger partial charge is 0.218 e. The van der Waals surface area contributed by atoms with Gasteiger partial charge in [0.2, 0.25) is 5.96 Å². The number of ether oxygens (including phenoxy) is 1. The summed E-state index contributed by atoms with van der Waals surface area (Å²) in [4.78, 5) is 8.06. The fraction of sp³-hybridized carbons (Fsp3) is 0.818. The second-order valence-electron chi connectivity index (χ2n) is 4.41. The van der Waals surface area contributed by atoms with Gasteiger partial charge < -0.3 is 21.9 Å². The van der Waals surface area contributed by atoms with Crippen molar-refractivity contribution in [3.05, 3.63) is 0 Å². The number of nitrogens with two attached hydrogens (primary N) is 3. The molecule has 98 valence electrons. The van der Waals surface area contributed by atoms with E-state index in [0.29, 0.717) is 6.61 Å². The topological polar surface area (TPSA) is 112 Å². The average molecular weight is 241 g/mol. The lowest BCUT2D eigenvalue weighted by atomic mass is 9.86. The standard InChI is InChI=1S/C11H23N5O/c1-3-11(4-2)7-8(5-6-17-11)15-10(14)16-9(12)13/h8H,3-7H2,1-2H3,(H6,12,13,14,15,16). The predicted molar refractivity (Wildman–Crippen MR) is 69.7 cm³/mol. The first kappa shape index (κ1) is 13.8. The maximum atomic E-state index is 5.86. The lowest BCUT2D eigenvalue weighted by Crippen LogP contribution is -2.41. The molecule has 1 unspecified atom stereocenters. The highest BCUT2D eigenvalue weighted by Gasteiger charge is 2.34. The van der Waals surface area contributed by atoms with Gasteiger partial charge in [-0.3, -0.25) is 0 Å². The van der Waals surface area contributed by atoms with E-state index in [1.54, 1.807) is 0 Å². The Balaban J connectivity index is 2.70. The molecular formula is C11H23N5O. The number of hydrogen-bond acceptors (Lipinski definition) is 2. The van der Waals surface area contributed by atoms with E-state index < -0.39 is 0 Å². The largest absolute Gasteiger partial charge is 0.375 e. The minimum atomic E-state index is -0.0648. The number of nitrogens with zero attached hydrogens (tertiary/aromatic N) is 2. The zero-order valence-electron chi connectivity index (χ0n) is 10.6. The molecule has 0 spiro atoms. The SMILES string of the molecule is CCC1(CC)CC(N=C(N)N=C(N)N)CCO1. The molecule has 0 bridgehead atoms. The summed E-state index contributed by atoms with van der Waals surface area (Å²) >= 11 is 0. The van der Waals surface area contributed by atoms with Crippen LogP contribution in [0.2, 0.25) is 0 Å². The van der Waals surface area contributed by atoms with Gasteiger partial charge in [0.25, 0.3) is 0 Å². The van der Waals surface area contributed by atoms with Crippen molar-refractivity contribution in [1.82, 2.24) is 0 Å². The third-order valence-corrected chi connectivity index (χ3v) is 3.31. The molecular weight excluding hydrogens is 218 g/mol. The van der Waals surface area contributed by atoms with Crippen LogP contribution in [0.1, 0.15) is 39.5 Å². The van der Waals surface area contributed by atoms with Crippen molar-refractivity contribution in [2.24, 2.45) is 27.2 Å². The lowest BCUT2D eigenvalue weighted by molar-refractivity contribution is -0.0884. The summed E-state index contributed by atoms with van der Waals surface area (Å²) in [6, 6.07) is 0.145. The summed E-state index contributed by atoms with van der Waals surface area (Å²) in [7, 11) is 0. The van der Waals surface area contributed by atoms with E-state index in [0.717, 1.165) is 25.7 Å². The maximum Gasteiger partial charge on any atom is 0.218 e. The average Bonchev–Trinajstić information content (AvgIpc) is 2.28. The van der Waals surface area contributed by atoms with Gasteiger partial charge in [0.05, 0.1) is 11.6 Å². The monoisotopic (exact) mass is 241 g/mol. The van der Waals surface area contributed by atoms with Crippen LogP contribution in [0.5, 0.6) is 0 Å². The molecule has 1 saturated heterocycles. The number of guanidine groups is 2. The molecule has 0 aromatic heterocycles. The van der Waals surface area contributed by atoms with Gasteiger partial charge >= 0.3 is 0 Å². The molecule has 1 rings (SSSR count). The van der Waals surface area contributed by atoms with Crippen molar-refractivity contribution >= 4 is 11.9 Å². The summed E-state index contributed by atoms with van der Waals surface area (Å²) < 4.78 is 5.86. The summed E-state index contributed by atoms with van der Waals surface area (Å²) in [5.41, 5.74) is 16.1. The normalized spacial score (nSPS) is 24.4. The van der Waals surface area contributed by atoms with Gasteiger partial charge in [-0.15, -0.1) is 0 Å². The lowest BCUT2D eigenvalue weighted by Gasteiger charge is -2.38. The molecule has 1 aliphatic rings. The molecule has 6 nitrogen and oxygen atoms in total. The van der Waals surface area contributed by atoms with E-state index in [-0.39, 0.29) is 23.6 Å². The van der Waals surface area contributed by atoms with Crippen LogP contribution < -0.4 is 17.2 Å². The fourth-order valence-electron chi connectivity index (χ4n) is 2.20. The van der Waals surface area contributed by atoms with E-state index in [4.69, 9.17) is 21.9 Å². The number of aliphatic imine (C=N–C) groups is 2. The van der Waals surface area contributed by atoms with Crippen molar-refractivity contribution in [2.45, 2.75) is 51.2 Å². The first-order chi connectivity index (χ1) is 8.01. The fourth-order valence-corrected chi connectivity index (χ4v) is 2.20. The second kappa shape index (κ2) is 5.86. The summed E-state index contributed by atoms with van der Waals surface area (Å²) in [5.74, 6) is 0.0913. The Labute approximate surface area is 102 Å². The van der Waals surface area contributed by atoms with Gasteiger partial charge in [-0.2, -0.15) is 4.99 Å². The van der Waals surface area contributed by atoms with E-state index in [9.17, 15) is 0 Å². The van der Waals surface area contributed by atoms with Gasteiger partial charge in [-0.05, 0) is 25.7 Å². The van der Waals surface area contributed by atoms with Crippen molar-refractivity contribution in [3.8, 4) is 0 Å². The molecule has 0 amide bonds. The van der Waals surface area contributed by atoms with Gasteiger partial charge in [-0.25, -0.2) is 4.99 Å². The van der Waals surface area contributed by atoms with Crippen LogP contribution in [-0.4, -0.2) is 30.2 Å². The van der Waals surface area contributed by atoms with Gasteiger partial charge in [-0.1, -0.05) is 13.8 Å². The summed E-state index contributed by atoms with van der Waals surface area (Å²) in [6.07, 6.45) is 3.71. The van der Waals surface area contributed by atoms with E-state index in [1.807, 2.05) is 0 Å². The molecule has 0 aromatic carbocycles. The molecule has 6 heteroatoms. The second-order valence-corrected chi connectivity index (χ2v) is 4.41. The molecule has 1 aliphatic heterocycles. The Kier molecular flexibility index (Phi) is 4.74. The van der Waals surface area contributed by atoms with Crippen LogP contribution in [0.3, 0.4) is 0 Å². The third-order valence-electron chi connectivity index (χ3n) is 3.31. The Hall–Kier alpha value is -1.30. The third kappa shape index (κ3) is 3.89. The molecule has 0 saturated carbocycles. The quantitative estimate of drug-likeness (QED) is 0.487. The highest BCUT2D eigenvalue weighted by molar-refractivity contribution is 5.92. The van der Waals surface area contributed by atoms with Crippen LogP contribution in [-0.2, 0) is 4.74 Å². The number of rotatable bonds is 3. The van der Waals surface area contributed by atoms with Crippen molar-refractivity contribution < 1.29 is 4.74 Å².